The van der Waals surface area contributed by atoms with Crippen molar-refractivity contribution in [3.05, 3.63) is 94.0 Å². The smallest absolute Gasteiger partial charge is 0.270 e. The fraction of sp³-hybridized carbons (Fsp3) is 0. The minimum Gasteiger partial charge on any atom is -0.289 e. The molecule has 0 aliphatic carbocycles. The quantitative estimate of drug-likeness (QED) is 0.305. The highest BCUT2D eigenvalue weighted by Crippen LogP contribution is 2.20. The van der Waals surface area contributed by atoms with Crippen LogP contribution in [0.2, 0.25) is 0 Å². The first-order valence-electron chi connectivity index (χ1n) is 7.10. The Morgan fingerprint density at radius 1 is 0.957 bits per heavy atom. The highest BCUT2D eigenvalue weighted by Gasteiger charge is 2.09. The number of non-ortho nitro benzene ring substituents is 1. The summed E-state index contributed by atoms with van der Waals surface area (Å²) in [5.41, 5.74) is 1.15. The molecule has 0 heterocycles. The third-order valence-corrected chi connectivity index (χ3v) is 3.58. The molecule has 112 valence electrons. The van der Waals surface area contributed by atoms with Gasteiger partial charge in [-0.15, -0.1) is 0 Å². The van der Waals surface area contributed by atoms with E-state index in [1.54, 1.807) is 12.1 Å². The van der Waals surface area contributed by atoms with Crippen molar-refractivity contribution in [1.82, 2.24) is 0 Å². The van der Waals surface area contributed by atoms with Gasteiger partial charge in [-0.05, 0) is 22.4 Å². The molecule has 23 heavy (non-hydrogen) atoms. The molecule has 4 heteroatoms. The number of nitro benzene ring substituents is 1. The molecule has 0 spiro atoms. The van der Waals surface area contributed by atoms with Gasteiger partial charge in [-0.1, -0.05) is 60.7 Å². The van der Waals surface area contributed by atoms with Crippen LogP contribution in [0.4, 0.5) is 5.69 Å². The van der Waals surface area contributed by atoms with E-state index in [-0.39, 0.29) is 11.5 Å². The summed E-state index contributed by atoms with van der Waals surface area (Å²) in [6.07, 6.45) is 3.18. The number of nitrogens with zero attached hydrogens (tertiary/aromatic N) is 1. The SMILES string of the molecule is O=C(/C=C/c1cccc2ccccc12)c1cccc([N+](=O)[O-])c1. The Morgan fingerprint density at radius 3 is 2.52 bits per heavy atom. The van der Waals surface area contributed by atoms with E-state index in [4.69, 9.17) is 0 Å². The second-order valence-corrected chi connectivity index (χ2v) is 5.07. The predicted molar refractivity (Wildman–Crippen MR) is 90.4 cm³/mol. The van der Waals surface area contributed by atoms with E-state index in [2.05, 4.69) is 0 Å². The van der Waals surface area contributed by atoms with Crippen molar-refractivity contribution >= 4 is 28.3 Å². The molecule has 4 nitrogen and oxygen atoms in total. The van der Waals surface area contributed by atoms with Crippen LogP contribution >= 0.6 is 0 Å². The predicted octanol–water partition coefficient (Wildman–Crippen LogP) is 4.64. The molecule has 0 bridgehead atoms. The van der Waals surface area contributed by atoms with Crippen molar-refractivity contribution in [2.45, 2.75) is 0 Å². The van der Waals surface area contributed by atoms with E-state index < -0.39 is 4.92 Å². The highest BCUT2D eigenvalue weighted by molar-refractivity contribution is 6.08. The zero-order chi connectivity index (χ0) is 16.2. The van der Waals surface area contributed by atoms with Crippen LogP contribution < -0.4 is 0 Å². The van der Waals surface area contributed by atoms with Crippen LogP contribution in [0.15, 0.2) is 72.8 Å². The van der Waals surface area contributed by atoms with Crippen molar-refractivity contribution in [2.24, 2.45) is 0 Å². The van der Waals surface area contributed by atoms with E-state index in [0.717, 1.165) is 16.3 Å². The normalized spacial score (nSPS) is 11.0. The van der Waals surface area contributed by atoms with Gasteiger partial charge >= 0.3 is 0 Å². The second-order valence-electron chi connectivity index (χ2n) is 5.07. The fourth-order valence-electron chi connectivity index (χ4n) is 2.43. The number of rotatable bonds is 4. The molecule has 0 unspecified atom stereocenters. The molecule has 0 amide bonds. The Balaban J connectivity index is 1.91. The van der Waals surface area contributed by atoms with E-state index in [0.29, 0.717) is 5.56 Å². The maximum Gasteiger partial charge on any atom is 0.270 e. The van der Waals surface area contributed by atoms with Gasteiger partial charge in [0.1, 0.15) is 0 Å². The Bertz CT molecular complexity index is 923. The molecule has 3 aromatic rings. The lowest BCUT2D eigenvalue weighted by molar-refractivity contribution is -0.384. The first kappa shape index (κ1) is 14.7. The van der Waals surface area contributed by atoms with Crippen molar-refractivity contribution in [1.29, 1.82) is 0 Å². The maximum atomic E-state index is 12.2. The van der Waals surface area contributed by atoms with E-state index in [9.17, 15) is 14.9 Å². The second kappa shape index (κ2) is 6.23. The molecule has 0 saturated heterocycles. The number of carbonyl (C=O) groups excluding carboxylic acids is 1. The highest BCUT2D eigenvalue weighted by atomic mass is 16.6. The summed E-state index contributed by atoms with van der Waals surface area (Å²) in [5, 5.41) is 12.9. The van der Waals surface area contributed by atoms with Crippen molar-refractivity contribution in [3.63, 3.8) is 0 Å². The Hall–Kier alpha value is -3.27. The Labute approximate surface area is 132 Å². The van der Waals surface area contributed by atoms with Crippen LogP contribution in [-0.2, 0) is 0 Å². The Morgan fingerprint density at radius 2 is 1.70 bits per heavy atom. The lowest BCUT2D eigenvalue weighted by Crippen LogP contribution is -1.96. The maximum absolute atomic E-state index is 12.2. The minimum absolute atomic E-state index is 0.0885. The summed E-state index contributed by atoms with van der Waals surface area (Å²) in [6.45, 7) is 0. The lowest BCUT2D eigenvalue weighted by atomic mass is 10.0. The molecule has 0 fully saturated rings. The van der Waals surface area contributed by atoms with Gasteiger partial charge in [-0.2, -0.15) is 0 Å². The van der Waals surface area contributed by atoms with Gasteiger partial charge in [0.25, 0.3) is 5.69 Å². The molecule has 0 atom stereocenters. The average molecular weight is 303 g/mol. The molecular formula is C19H13NO3. The van der Waals surface area contributed by atoms with E-state index in [1.165, 1.54) is 24.3 Å². The molecule has 3 aromatic carbocycles. The van der Waals surface area contributed by atoms with Crippen LogP contribution in [-0.4, -0.2) is 10.7 Å². The van der Waals surface area contributed by atoms with Gasteiger partial charge in [-0.25, -0.2) is 0 Å². The number of ketones is 1. The van der Waals surface area contributed by atoms with Gasteiger partial charge in [0, 0.05) is 17.7 Å². The van der Waals surface area contributed by atoms with Crippen molar-refractivity contribution in [2.75, 3.05) is 0 Å². The molecule has 3 rings (SSSR count). The largest absolute Gasteiger partial charge is 0.289 e. The van der Waals surface area contributed by atoms with Gasteiger partial charge in [0.05, 0.1) is 4.92 Å². The van der Waals surface area contributed by atoms with Crippen molar-refractivity contribution in [3.8, 4) is 0 Å². The van der Waals surface area contributed by atoms with Gasteiger partial charge in [-0.3, -0.25) is 14.9 Å². The van der Waals surface area contributed by atoms with E-state index >= 15 is 0 Å². The van der Waals surface area contributed by atoms with Crippen molar-refractivity contribution < 1.29 is 9.72 Å². The number of allylic oxidation sites excluding steroid dienone is 1. The third-order valence-electron chi connectivity index (χ3n) is 3.58. The van der Waals surface area contributed by atoms with Crippen LogP contribution in [0.1, 0.15) is 15.9 Å². The standard InChI is InChI=1S/C19H13NO3/c21-19(16-8-4-9-17(13-16)20(22)23)12-11-15-7-3-6-14-5-1-2-10-18(14)15/h1-13H/b12-11+. The minimum atomic E-state index is -0.509. The zero-order valence-corrected chi connectivity index (χ0v) is 12.2. The van der Waals surface area contributed by atoms with Crippen LogP contribution in [0.25, 0.3) is 16.8 Å². The van der Waals surface area contributed by atoms with Gasteiger partial charge < -0.3 is 0 Å². The monoisotopic (exact) mass is 303 g/mol. The van der Waals surface area contributed by atoms with Crippen LogP contribution in [0.5, 0.6) is 0 Å². The number of hydrogen-bond acceptors (Lipinski definition) is 3. The van der Waals surface area contributed by atoms with Crippen LogP contribution in [0, 0.1) is 10.1 Å². The zero-order valence-electron chi connectivity index (χ0n) is 12.2. The fourth-order valence-corrected chi connectivity index (χ4v) is 2.43. The number of fused-ring (bicyclic) bond motifs is 1. The summed E-state index contributed by atoms with van der Waals surface area (Å²) >= 11 is 0. The average Bonchev–Trinajstić information content (AvgIpc) is 2.59. The number of benzene rings is 3. The summed E-state index contributed by atoms with van der Waals surface area (Å²) in [4.78, 5) is 22.5. The number of carbonyl (C=O) groups is 1. The first-order valence-corrected chi connectivity index (χ1v) is 7.10. The summed E-state index contributed by atoms with van der Waals surface area (Å²) in [5.74, 6) is -0.262. The molecular weight excluding hydrogens is 290 g/mol. The lowest BCUT2D eigenvalue weighted by Gasteiger charge is -2.01. The molecule has 0 aromatic heterocycles. The Kier molecular flexibility index (Phi) is 3.97. The number of hydrogen-bond donors (Lipinski definition) is 0. The summed E-state index contributed by atoms with van der Waals surface area (Å²) in [7, 11) is 0. The molecule has 0 radical (unpaired) electrons. The summed E-state index contributed by atoms with van der Waals surface area (Å²) < 4.78 is 0. The first-order chi connectivity index (χ1) is 11.1. The van der Waals surface area contributed by atoms with Crippen LogP contribution in [0.3, 0.4) is 0 Å². The molecule has 0 saturated carbocycles. The summed E-state index contributed by atoms with van der Waals surface area (Å²) in [6, 6.07) is 19.5. The molecule has 0 aliphatic heterocycles. The molecule has 0 aliphatic rings. The van der Waals surface area contributed by atoms with E-state index in [1.807, 2.05) is 42.5 Å². The van der Waals surface area contributed by atoms with Gasteiger partial charge in [0.2, 0.25) is 0 Å². The van der Waals surface area contributed by atoms with Gasteiger partial charge in [0.15, 0.2) is 5.78 Å². The molecule has 0 N–H and O–H groups in total. The third kappa shape index (κ3) is 3.16. The number of nitro groups is 1. The topological polar surface area (TPSA) is 60.2 Å².